The van der Waals surface area contributed by atoms with Gasteiger partial charge in [0.2, 0.25) is 0 Å². The van der Waals surface area contributed by atoms with Crippen molar-refractivity contribution in [2.24, 2.45) is 4.99 Å². The monoisotopic (exact) mass is 486 g/mol. The minimum atomic E-state index is 0. The van der Waals surface area contributed by atoms with Crippen LogP contribution in [0.3, 0.4) is 0 Å². The summed E-state index contributed by atoms with van der Waals surface area (Å²) in [5, 5.41) is 6.95. The Bertz CT molecular complexity index is 588. The van der Waals surface area contributed by atoms with E-state index >= 15 is 0 Å². The van der Waals surface area contributed by atoms with Crippen LogP contribution < -0.4 is 10.6 Å². The van der Waals surface area contributed by atoms with E-state index in [1.165, 1.54) is 24.0 Å². The number of nitrogens with zero attached hydrogens (tertiary/aromatic N) is 2. The van der Waals surface area contributed by atoms with Crippen molar-refractivity contribution in [3.63, 3.8) is 0 Å². The molecule has 2 fully saturated rings. The smallest absolute Gasteiger partial charge is 0.191 e. The quantitative estimate of drug-likeness (QED) is 0.336. The Hall–Kier alpha value is -0.860. The zero-order valence-corrected chi connectivity index (χ0v) is 19.2. The molecule has 2 bridgehead atoms. The first kappa shape index (κ1) is 22.4. The van der Waals surface area contributed by atoms with Crippen molar-refractivity contribution < 1.29 is 4.74 Å². The first-order chi connectivity index (χ1) is 12.7. The van der Waals surface area contributed by atoms with Gasteiger partial charge in [-0.2, -0.15) is 0 Å². The van der Waals surface area contributed by atoms with E-state index in [2.05, 4.69) is 60.6 Å². The van der Waals surface area contributed by atoms with Gasteiger partial charge in [0.1, 0.15) is 0 Å². The molecule has 0 aromatic heterocycles. The molecule has 2 heterocycles. The second-order valence-corrected chi connectivity index (χ2v) is 7.33. The van der Waals surface area contributed by atoms with E-state index in [9.17, 15) is 0 Å². The highest BCUT2D eigenvalue weighted by Gasteiger charge is 2.41. The summed E-state index contributed by atoms with van der Waals surface area (Å²) in [5.41, 5.74) is 2.61. The van der Waals surface area contributed by atoms with Crippen LogP contribution in [-0.2, 0) is 17.8 Å². The van der Waals surface area contributed by atoms with Gasteiger partial charge in [-0.1, -0.05) is 38.1 Å². The topological polar surface area (TPSA) is 48.9 Å². The Balaban J connectivity index is 0.00000261. The molecule has 152 valence electrons. The van der Waals surface area contributed by atoms with Gasteiger partial charge in [0.15, 0.2) is 5.96 Å². The number of fused-ring (bicyclic) bond motifs is 2. The van der Waals surface area contributed by atoms with Crippen LogP contribution in [0.5, 0.6) is 0 Å². The summed E-state index contributed by atoms with van der Waals surface area (Å²) < 4.78 is 5.94. The standard InChI is InChI=1S/C21H34N4O.HI/c1-4-22-21(24-19-13-18-11-12-20(19)26-18)23-14-16-7-9-17(10-8-16)15-25(5-2)6-3;/h7-10,18-20H,4-6,11-15H2,1-3H3,(H2,22,23,24);1H. The van der Waals surface area contributed by atoms with Gasteiger partial charge in [0.25, 0.3) is 0 Å². The number of benzene rings is 1. The molecular weight excluding hydrogens is 451 g/mol. The van der Waals surface area contributed by atoms with E-state index in [0.717, 1.165) is 38.6 Å². The first-order valence-electron chi connectivity index (χ1n) is 10.2. The lowest BCUT2D eigenvalue weighted by molar-refractivity contribution is 0.0992. The highest BCUT2D eigenvalue weighted by Crippen LogP contribution is 2.34. The molecule has 0 aliphatic carbocycles. The maximum absolute atomic E-state index is 5.94. The average Bonchev–Trinajstić information content (AvgIpc) is 3.28. The Kier molecular flexibility index (Phi) is 9.32. The number of rotatable bonds is 8. The molecule has 6 heteroatoms. The molecule has 3 unspecified atom stereocenters. The van der Waals surface area contributed by atoms with Crippen LogP contribution in [0.2, 0.25) is 0 Å². The third-order valence-electron chi connectivity index (χ3n) is 5.52. The first-order valence-corrected chi connectivity index (χ1v) is 10.2. The second-order valence-electron chi connectivity index (χ2n) is 7.33. The van der Waals surface area contributed by atoms with Gasteiger partial charge >= 0.3 is 0 Å². The SMILES string of the molecule is CCNC(=NCc1ccc(CN(CC)CC)cc1)NC1CC2CCC1O2.I. The van der Waals surface area contributed by atoms with Gasteiger partial charge in [-0.25, -0.2) is 4.99 Å². The molecule has 2 saturated heterocycles. The molecule has 2 aliphatic rings. The highest BCUT2D eigenvalue weighted by atomic mass is 127. The van der Waals surface area contributed by atoms with Crippen LogP contribution in [0.15, 0.2) is 29.3 Å². The van der Waals surface area contributed by atoms with Crippen molar-refractivity contribution in [1.29, 1.82) is 0 Å². The molecule has 2 aliphatic heterocycles. The molecule has 1 aromatic carbocycles. The summed E-state index contributed by atoms with van der Waals surface area (Å²) in [5.74, 6) is 0.904. The normalized spacial score (nSPS) is 24.1. The molecule has 0 spiro atoms. The molecule has 1 aromatic rings. The van der Waals surface area contributed by atoms with E-state index in [1.54, 1.807) is 0 Å². The fourth-order valence-electron chi connectivity index (χ4n) is 3.91. The molecule has 27 heavy (non-hydrogen) atoms. The van der Waals surface area contributed by atoms with Gasteiger partial charge in [0.05, 0.1) is 24.8 Å². The summed E-state index contributed by atoms with van der Waals surface area (Å²) in [6.07, 6.45) is 4.32. The molecule has 3 rings (SSSR count). The minimum Gasteiger partial charge on any atom is -0.373 e. The molecule has 3 atom stereocenters. The lowest BCUT2D eigenvalue weighted by Crippen LogP contribution is -2.47. The lowest BCUT2D eigenvalue weighted by Gasteiger charge is -2.22. The summed E-state index contributed by atoms with van der Waals surface area (Å²) in [4.78, 5) is 7.21. The lowest BCUT2D eigenvalue weighted by atomic mass is 9.96. The molecule has 5 nitrogen and oxygen atoms in total. The zero-order chi connectivity index (χ0) is 18.4. The fourth-order valence-corrected chi connectivity index (χ4v) is 3.91. The van der Waals surface area contributed by atoms with Crippen LogP contribution in [0, 0.1) is 0 Å². The molecular formula is C21H35IN4O. The fraction of sp³-hybridized carbons (Fsp3) is 0.667. The van der Waals surface area contributed by atoms with E-state index < -0.39 is 0 Å². The van der Waals surface area contributed by atoms with Crippen LogP contribution in [0.4, 0.5) is 0 Å². The Morgan fingerprint density at radius 1 is 1.11 bits per heavy atom. The van der Waals surface area contributed by atoms with Crippen LogP contribution >= 0.6 is 24.0 Å². The number of guanidine groups is 1. The van der Waals surface area contributed by atoms with E-state index in [0.29, 0.717) is 24.8 Å². The summed E-state index contributed by atoms with van der Waals surface area (Å²) in [7, 11) is 0. The Labute approximate surface area is 181 Å². The van der Waals surface area contributed by atoms with Crippen LogP contribution in [-0.4, -0.2) is 48.7 Å². The Morgan fingerprint density at radius 2 is 1.81 bits per heavy atom. The van der Waals surface area contributed by atoms with E-state index in [4.69, 9.17) is 9.73 Å². The largest absolute Gasteiger partial charge is 0.373 e. The van der Waals surface area contributed by atoms with Crippen molar-refractivity contribution in [3.05, 3.63) is 35.4 Å². The van der Waals surface area contributed by atoms with Gasteiger partial charge in [-0.3, -0.25) is 4.90 Å². The number of hydrogen-bond donors (Lipinski definition) is 2. The second kappa shape index (κ2) is 11.2. The predicted molar refractivity (Wildman–Crippen MR) is 123 cm³/mol. The number of hydrogen-bond acceptors (Lipinski definition) is 3. The summed E-state index contributed by atoms with van der Waals surface area (Å²) >= 11 is 0. The molecule has 0 amide bonds. The van der Waals surface area contributed by atoms with Crippen molar-refractivity contribution >= 4 is 29.9 Å². The maximum atomic E-state index is 5.94. The Morgan fingerprint density at radius 3 is 2.37 bits per heavy atom. The number of nitrogens with one attached hydrogen (secondary N) is 2. The van der Waals surface area contributed by atoms with Crippen molar-refractivity contribution in [3.8, 4) is 0 Å². The van der Waals surface area contributed by atoms with Gasteiger partial charge in [-0.15, -0.1) is 24.0 Å². The number of ether oxygens (including phenoxy) is 1. The third-order valence-corrected chi connectivity index (χ3v) is 5.52. The molecule has 0 saturated carbocycles. The summed E-state index contributed by atoms with van der Waals surface area (Å²) in [6.45, 7) is 11.3. The van der Waals surface area contributed by atoms with Crippen molar-refractivity contribution in [1.82, 2.24) is 15.5 Å². The molecule has 2 N–H and O–H groups in total. The van der Waals surface area contributed by atoms with Gasteiger partial charge in [-0.05, 0) is 50.4 Å². The summed E-state index contributed by atoms with van der Waals surface area (Å²) in [6, 6.07) is 9.27. The van der Waals surface area contributed by atoms with Gasteiger partial charge in [0, 0.05) is 13.1 Å². The van der Waals surface area contributed by atoms with Crippen LogP contribution in [0.1, 0.15) is 51.2 Å². The number of halogens is 1. The third kappa shape index (κ3) is 6.32. The average molecular weight is 486 g/mol. The predicted octanol–water partition coefficient (Wildman–Crippen LogP) is 3.52. The number of aliphatic imine (C=N–C) groups is 1. The van der Waals surface area contributed by atoms with Crippen LogP contribution in [0.25, 0.3) is 0 Å². The van der Waals surface area contributed by atoms with E-state index in [1.807, 2.05) is 0 Å². The van der Waals surface area contributed by atoms with Crippen molar-refractivity contribution in [2.45, 2.75) is 71.4 Å². The van der Waals surface area contributed by atoms with Gasteiger partial charge < -0.3 is 15.4 Å². The molecule has 0 radical (unpaired) electrons. The zero-order valence-electron chi connectivity index (χ0n) is 16.9. The maximum Gasteiger partial charge on any atom is 0.191 e. The minimum absolute atomic E-state index is 0. The van der Waals surface area contributed by atoms with E-state index in [-0.39, 0.29) is 24.0 Å². The highest BCUT2D eigenvalue weighted by molar-refractivity contribution is 14.0. The van der Waals surface area contributed by atoms with Crippen molar-refractivity contribution in [2.75, 3.05) is 19.6 Å².